The molecule has 1 aromatic rings. The highest BCUT2D eigenvalue weighted by molar-refractivity contribution is 6.28. The summed E-state index contributed by atoms with van der Waals surface area (Å²) in [4.78, 5) is 22.9. The van der Waals surface area contributed by atoms with Gasteiger partial charge in [-0.2, -0.15) is 15.0 Å². The smallest absolute Gasteiger partial charge is 0.322 e. The van der Waals surface area contributed by atoms with E-state index in [-0.39, 0.29) is 23.2 Å². The van der Waals surface area contributed by atoms with Gasteiger partial charge >= 0.3 is 6.01 Å². The number of carbonyl (C=O) groups is 1. The summed E-state index contributed by atoms with van der Waals surface area (Å²) in [6, 6.07) is 0.287. The predicted molar refractivity (Wildman–Crippen MR) is 65.7 cm³/mol. The van der Waals surface area contributed by atoms with Crippen molar-refractivity contribution in [2.24, 2.45) is 0 Å². The Morgan fingerprint density at radius 2 is 2.33 bits per heavy atom. The third-order valence-electron chi connectivity index (χ3n) is 2.46. The van der Waals surface area contributed by atoms with Gasteiger partial charge in [-0.1, -0.05) is 0 Å². The van der Waals surface area contributed by atoms with Gasteiger partial charge in [-0.15, -0.1) is 0 Å². The van der Waals surface area contributed by atoms with Crippen LogP contribution in [0.4, 0.5) is 5.95 Å². The van der Waals surface area contributed by atoms with Crippen LogP contribution in [0.1, 0.15) is 19.8 Å². The van der Waals surface area contributed by atoms with Crippen molar-refractivity contribution in [1.29, 1.82) is 0 Å². The van der Waals surface area contributed by atoms with Gasteiger partial charge in [-0.3, -0.25) is 4.79 Å². The highest BCUT2D eigenvalue weighted by Gasteiger charge is 2.19. The van der Waals surface area contributed by atoms with Crippen molar-refractivity contribution in [3.63, 3.8) is 0 Å². The molecule has 98 valence electrons. The summed E-state index contributed by atoms with van der Waals surface area (Å²) in [6.45, 7) is 2.84. The molecule has 1 aliphatic rings. The van der Waals surface area contributed by atoms with E-state index < -0.39 is 0 Å². The van der Waals surface area contributed by atoms with Crippen LogP contribution in [0.25, 0.3) is 0 Å². The summed E-state index contributed by atoms with van der Waals surface area (Å²) in [5.41, 5.74) is 0. The third-order valence-corrected chi connectivity index (χ3v) is 2.63. The molecule has 0 radical (unpaired) electrons. The maximum Gasteiger partial charge on any atom is 0.322 e. The molecule has 0 bridgehead atoms. The average molecular weight is 272 g/mol. The van der Waals surface area contributed by atoms with E-state index in [4.69, 9.17) is 16.3 Å². The molecular formula is C10H14ClN5O2. The molecule has 1 amide bonds. The fourth-order valence-corrected chi connectivity index (χ4v) is 1.78. The lowest BCUT2D eigenvalue weighted by Crippen LogP contribution is -2.42. The molecule has 8 heteroatoms. The number of ether oxygens (including phenoxy) is 1. The average Bonchev–Trinajstić information content (AvgIpc) is 2.32. The first-order chi connectivity index (χ1) is 8.67. The van der Waals surface area contributed by atoms with Gasteiger partial charge in [0.05, 0.1) is 6.61 Å². The predicted octanol–water partition coefficient (Wildman–Crippen LogP) is 0.614. The van der Waals surface area contributed by atoms with Gasteiger partial charge < -0.3 is 15.4 Å². The van der Waals surface area contributed by atoms with E-state index in [2.05, 4.69) is 25.6 Å². The minimum Gasteiger partial charge on any atom is -0.464 e. The van der Waals surface area contributed by atoms with E-state index >= 15 is 0 Å². The molecule has 2 rings (SSSR count). The first-order valence-corrected chi connectivity index (χ1v) is 6.12. The molecule has 1 aliphatic heterocycles. The molecule has 1 saturated heterocycles. The zero-order valence-corrected chi connectivity index (χ0v) is 10.7. The van der Waals surface area contributed by atoms with Gasteiger partial charge in [0.15, 0.2) is 0 Å². The summed E-state index contributed by atoms with van der Waals surface area (Å²) < 4.78 is 5.18. The van der Waals surface area contributed by atoms with Crippen LogP contribution in [0.15, 0.2) is 0 Å². The minimum absolute atomic E-state index is 0.0664. The van der Waals surface area contributed by atoms with E-state index in [1.54, 1.807) is 0 Å². The lowest BCUT2D eigenvalue weighted by Gasteiger charge is -2.23. The zero-order chi connectivity index (χ0) is 13.0. The van der Waals surface area contributed by atoms with Crippen LogP contribution in [0.2, 0.25) is 5.28 Å². The van der Waals surface area contributed by atoms with Crippen molar-refractivity contribution in [3.05, 3.63) is 5.28 Å². The highest BCUT2D eigenvalue weighted by atomic mass is 35.5. The fraction of sp³-hybridized carbons (Fsp3) is 0.600. The second kappa shape index (κ2) is 5.81. The number of hydrogen-bond donors (Lipinski definition) is 2. The van der Waals surface area contributed by atoms with Crippen LogP contribution in [0, 0.1) is 0 Å². The maximum absolute atomic E-state index is 11.0. The van der Waals surface area contributed by atoms with Crippen LogP contribution in [0.5, 0.6) is 6.01 Å². The van der Waals surface area contributed by atoms with Crippen LogP contribution in [-0.2, 0) is 4.79 Å². The van der Waals surface area contributed by atoms with Crippen molar-refractivity contribution in [1.82, 2.24) is 20.3 Å². The Bertz CT molecular complexity index is 432. The minimum atomic E-state index is 0.0664. The Kier molecular flexibility index (Phi) is 4.14. The van der Waals surface area contributed by atoms with Gasteiger partial charge in [0.25, 0.3) is 0 Å². The molecule has 1 atom stereocenters. The van der Waals surface area contributed by atoms with Crippen LogP contribution >= 0.6 is 11.6 Å². The third kappa shape index (κ3) is 3.43. The summed E-state index contributed by atoms with van der Waals surface area (Å²) in [7, 11) is 0. The first kappa shape index (κ1) is 12.8. The number of nitrogens with one attached hydrogen (secondary N) is 2. The SMILES string of the molecule is CCOc1nc(Cl)nc(NC2CCC(=O)NC2)n1. The fourth-order valence-electron chi connectivity index (χ4n) is 1.63. The van der Waals surface area contributed by atoms with Gasteiger partial charge in [0.1, 0.15) is 0 Å². The van der Waals surface area contributed by atoms with Crippen molar-refractivity contribution >= 4 is 23.5 Å². The lowest BCUT2D eigenvalue weighted by atomic mass is 10.1. The molecule has 2 heterocycles. The number of nitrogens with zero attached hydrogens (tertiary/aromatic N) is 3. The first-order valence-electron chi connectivity index (χ1n) is 5.75. The number of carbonyl (C=O) groups excluding carboxylic acids is 1. The van der Waals surface area contributed by atoms with Gasteiger partial charge in [0.2, 0.25) is 17.1 Å². The quantitative estimate of drug-likeness (QED) is 0.834. The van der Waals surface area contributed by atoms with Crippen LogP contribution in [0.3, 0.4) is 0 Å². The molecule has 0 aromatic carbocycles. The molecule has 0 saturated carbocycles. The van der Waals surface area contributed by atoms with Crippen LogP contribution < -0.4 is 15.4 Å². The van der Waals surface area contributed by atoms with Gasteiger partial charge in [0, 0.05) is 19.0 Å². The Hall–Kier alpha value is -1.63. The second-order valence-electron chi connectivity index (χ2n) is 3.83. The highest BCUT2D eigenvalue weighted by Crippen LogP contribution is 2.14. The molecule has 1 fully saturated rings. The lowest BCUT2D eigenvalue weighted by molar-refractivity contribution is -0.122. The zero-order valence-electron chi connectivity index (χ0n) is 9.94. The maximum atomic E-state index is 11.0. The van der Waals surface area contributed by atoms with E-state index in [0.717, 1.165) is 6.42 Å². The van der Waals surface area contributed by atoms with Crippen LogP contribution in [-0.4, -0.2) is 40.1 Å². The number of rotatable bonds is 4. The summed E-state index contributed by atoms with van der Waals surface area (Å²) in [5, 5.41) is 5.95. The van der Waals surface area contributed by atoms with E-state index in [0.29, 0.717) is 25.5 Å². The number of piperidine rings is 1. The Balaban J connectivity index is 2.02. The molecule has 7 nitrogen and oxygen atoms in total. The Morgan fingerprint density at radius 3 is 3.00 bits per heavy atom. The number of aromatic nitrogens is 3. The normalized spacial score (nSPS) is 19.2. The van der Waals surface area contributed by atoms with E-state index in [1.165, 1.54) is 0 Å². The Labute approximate surface area is 109 Å². The Morgan fingerprint density at radius 1 is 1.50 bits per heavy atom. The molecule has 18 heavy (non-hydrogen) atoms. The number of amides is 1. The molecule has 0 aliphatic carbocycles. The topological polar surface area (TPSA) is 89.0 Å². The van der Waals surface area contributed by atoms with Gasteiger partial charge in [-0.25, -0.2) is 0 Å². The number of halogens is 1. The summed E-state index contributed by atoms with van der Waals surface area (Å²) >= 11 is 5.77. The van der Waals surface area contributed by atoms with Crippen molar-refractivity contribution in [2.45, 2.75) is 25.8 Å². The molecule has 1 unspecified atom stereocenters. The molecular weight excluding hydrogens is 258 g/mol. The van der Waals surface area contributed by atoms with E-state index in [1.807, 2.05) is 6.92 Å². The summed E-state index contributed by atoms with van der Waals surface area (Å²) in [6.07, 6.45) is 1.23. The van der Waals surface area contributed by atoms with E-state index in [9.17, 15) is 4.79 Å². The number of hydrogen-bond acceptors (Lipinski definition) is 6. The summed E-state index contributed by atoms with van der Waals surface area (Å²) in [5.74, 6) is 0.427. The number of anilines is 1. The second-order valence-corrected chi connectivity index (χ2v) is 4.17. The molecule has 1 aromatic heterocycles. The monoisotopic (exact) mass is 271 g/mol. The standard InChI is InChI=1S/C10H14ClN5O2/c1-2-18-10-15-8(11)14-9(16-10)13-6-3-4-7(17)12-5-6/h6H,2-5H2,1H3,(H,12,17)(H,13,14,15,16). The largest absolute Gasteiger partial charge is 0.464 e. The van der Waals surface area contributed by atoms with Crippen molar-refractivity contribution < 1.29 is 9.53 Å². The molecule has 2 N–H and O–H groups in total. The van der Waals surface area contributed by atoms with Crippen molar-refractivity contribution in [2.75, 3.05) is 18.5 Å². The van der Waals surface area contributed by atoms with Gasteiger partial charge in [-0.05, 0) is 24.9 Å². The van der Waals surface area contributed by atoms with Crippen molar-refractivity contribution in [3.8, 4) is 6.01 Å². The molecule has 0 spiro atoms.